The summed E-state index contributed by atoms with van der Waals surface area (Å²) in [7, 11) is 1.66. The molecule has 3 aromatic rings. The standard InChI is InChI=1S/C35H36N4O7/c1-4-24(37(3)31(41)17-22-11-7-6-8-12-22)20-30(40)36-21-32(42)39-28-19-25(16-15-23(28)18-29(39)35(45)46-5-2)38-33(43)26-13-9-10-14-27(26)34(38)44/h6-16,19,24,29H,4-5,17-18,20-21H2,1-3H3,(H,36,40)/t24?,29-/m0/s1. The highest BCUT2D eigenvalue weighted by Gasteiger charge is 2.42. The minimum atomic E-state index is -0.984. The van der Waals surface area contributed by atoms with Crippen LogP contribution in [0.25, 0.3) is 0 Å². The van der Waals surface area contributed by atoms with E-state index in [1.54, 1.807) is 55.3 Å². The number of carbonyl (C=O) groups is 6. The molecule has 5 amide bonds. The Morgan fingerprint density at radius 3 is 2.22 bits per heavy atom. The molecule has 5 rings (SSSR count). The van der Waals surface area contributed by atoms with Crippen LogP contribution in [0.2, 0.25) is 0 Å². The van der Waals surface area contributed by atoms with Crippen LogP contribution in [0.4, 0.5) is 11.4 Å². The minimum absolute atomic E-state index is 0.0113. The molecule has 11 nitrogen and oxygen atoms in total. The summed E-state index contributed by atoms with van der Waals surface area (Å²) >= 11 is 0. The van der Waals surface area contributed by atoms with Gasteiger partial charge in [-0.05, 0) is 48.7 Å². The van der Waals surface area contributed by atoms with Crippen LogP contribution in [0.3, 0.4) is 0 Å². The number of fused-ring (bicyclic) bond motifs is 2. The highest BCUT2D eigenvalue weighted by Crippen LogP contribution is 2.38. The van der Waals surface area contributed by atoms with Gasteiger partial charge in [-0.25, -0.2) is 9.69 Å². The Hall–Kier alpha value is -5.32. The molecule has 2 aliphatic heterocycles. The first-order chi connectivity index (χ1) is 22.1. The highest BCUT2D eigenvalue weighted by atomic mass is 16.5. The Morgan fingerprint density at radius 2 is 1.59 bits per heavy atom. The predicted octanol–water partition coefficient (Wildman–Crippen LogP) is 3.29. The molecule has 0 spiro atoms. The fraction of sp³-hybridized carbons (Fsp3) is 0.314. The van der Waals surface area contributed by atoms with E-state index >= 15 is 0 Å². The molecule has 2 atom stereocenters. The van der Waals surface area contributed by atoms with Gasteiger partial charge in [0, 0.05) is 25.9 Å². The molecule has 0 radical (unpaired) electrons. The Morgan fingerprint density at radius 1 is 0.935 bits per heavy atom. The van der Waals surface area contributed by atoms with Crippen LogP contribution in [0.1, 0.15) is 58.5 Å². The van der Waals surface area contributed by atoms with Gasteiger partial charge < -0.3 is 15.0 Å². The van der Waals surface area contributed by atoms with Gasteiger partial charge in [0.05, 0.1) is 42.1 Å². The molecule has 1 unspecified atom stereocenters. The van der Waals surface area contributed by atoms with E-state index < -0.39 is 42.2 Å². The fourth-order valence-corrected chi connectivity index (χ4v) is 5.91. The monoisotopic (exact) mass is 624 g/mol. The van der Waals surface area contributed by atoms with Crippen LogP contribution in [0, 0.1) is 0 Å². The summed E-state index contributed by atoms with van der Waals surface area (Å²) in [5.41, 5.74) is 2.70. The third-order valence-electron chi connectivity index (χ3n) is 8.40. The Labute approximate surface area is 267 Å². The third kappa shape index (κ3) is 6.39. The maximum absolute atomic E-state index is 13.7. The van der Waals surface area contributed by atoms with Crippen molar-refractivity contribution in [1.29, 1.82) is 0 Å². The van der Waals surface area contributed by atoms with Crippen molar-refractivity contribution in [2.75, 3.05) is 30.0 Å². The average molecular weight is 625 g/mol. The smallest absolute Gasteiger partial charge is 0.329 e. The number of hydrogen-bond donors (Lipinski definition) is 1. The molecule has 2 aliphatic rings. The van der Waals surface area contributed by atoms with Crippen molar-refractivity contribution >= 4 is 46.9 Å². The molecule has 3 aromatic carbocycles. The number of imide groups is 1. The summed E-state index contributed by atoms with van der Waals surface area (Å²) in [4.78, 5) is 82.6. The van der Waals surface area contributed by atoms with Crippen molar-refractivity contribution in [3.05, 3.63) is 95.1 Å². The van der Waals surface area contributed by atoms with Gasteiger partial charge in [-0.2, -0.15) is 0 Å². The van der Waals surface area contributed by atoms with E-state index in [2.05, 4.69) is 5.32 Å². The summed E-state index contributed by atoms with van der Waals surface area (Å²) in [5, 5.41) is 2.65. The zero-order valence-electron chi connectivity index (χ0n) is 26.0. The summed E-state index contributed by atoms with van der Waals surface area (Å²) in [6.07, 6.45) is 0.898. The number of amides is 5. The van der Waals surface area contributed by atoms with E-state index in [1.165, 1.54) is 11.0 Å². The first-order valence-electron chi connectivity index (χ1n) is 15.3. The minimum Gasteiger partial charge on any atom is -0.464 e. The molecule has 2 heterocycles. The highest BCUT2D eigenvalue weighted by molar-refractivity contribution is 6.34. The molecule has 46 heavy (non-hydrogen) atoms. The van der Waals surface area contributed by atoms with Gasteiger partial charge in [-0.1, -0.05) is 55.5 Å². The molecule has 1 N–H and O–H groups in total. The largest absolute Gasteiger partial charge is 0.464 e. The van der Waals surface area contributed by atoms with E-state index in [4.69, 9.17) is 4.74 Å². The molecular formula is C35H36N4O7. The van der Waals surface area contributed by atoms with Gasteiger partial charge in [-0.3, -0.25) is 28.9 Å². The van der Waals surface area contributed by atoms with E-state index in [-0.39, 0.29) is 54.6 Å². The summed E-state index contributed by atoms with van der Waals surface area (Å²) in [6, 6.07) is 19.3. The van der Waals surface area contributed by atoms with Gasteiger partial charge >= 0.3 is 5.97 Å². The van der Waals surface area contributed by atoms with Gasteiger partial charge in [-0.15, -0.1) is 0 Å². The number of carbonyl (C=O) groups excluding carboxylic acids is 6. The molecular weight excluding hydrogens is 588 g/mol. The van der Waals surface area contributed by atoms with E-state index in [1.807, 2.05) is 37.3 Å². The molecule has 0 fully saturated rings. The number of hydrogen-bond acceptors (Lipinski definition) is 7. The van der Waals surface area contributed by atoms with Gasteiger partial charge in [0.15, 0.2) is 0 Å². The fourth-order valence-electron chi connectivity index (χ4n) is 5.91. The quantitative estimate of drug-likeness (QED) is 0.256. The van der Waals surface area contributed by atoms with Crippen molar-refractivity contribution < 1.29 is 33.5 Å². The Bertz CT molecular complexity index is 1650. The molecule has 11 heteroatoms. The van der Waals surface area contributed by atoms with Gasteiger partial charge in [0.1, 0.15) is 6.04 Å². The lowest BCUT2D eigenvalue weighted by Gasteiger charge is -2.28. The number of nitrogens with one attached hydrogen (secondary N) is 1. The van der Waals surface area contributed by atoms with Crippen molar-refractivity contribution in [1.82, 2.24) is 10.2 Å². The van der Waals surface area contributed by atoms with Crippen molar-refractivity contribution in [3.8, 4) is 0 Å². The maximum atomic E-state index is 13.7. The van der Waals surface area contributed by atoms with Crippen LogP contribution in [-0.2, 0) is 36.8 Å². The second-order valence-electron chi connectivity index (χ2n) is 11.2. The number of likely N-dealkylation sites (N-methyl/N-ethyl adjacent to an activating group) is 1. The van der Waals surface area contributed by atoms with Gasteiger partial charge in [0.25, 0.3) is 11.8 Å². The lowest BCUT2D eigenvalue weighted by Crippen LogP contribution is -2.48. The van der Waals surface area contributed by atoms with E-state index in [0.29, 0.717) is 17.7 Å². The SMILES string of the molecule is CCOC(=O)[C@@H]1Cc2ccc(N3C(=O)c4ccccc4C3=O)cc2N1C(=O)CNC(=O)CC(CC)N(C)C(=O)Cc1ccccc1. The van der Waals surface area contributed by atoms with Crippen LogP contribution in [0.15, 0.2) is 72.8 Å². The number of benzene rings is 3. The van der Waals surface area contributed by atoms with Gasteiger partial charge in [0.2, 0.25) is 17.7 Å². The summed E-state index contributed by atoms with van der Waals surface area (Å²) in [5.74, 6) is -2.68. The zero-order chi connectivity index (χ0) is 33.0. The third-order valence-corrected chi connectivity index (χ3v) is 8.40. The van der Waals surface area contributed by atoms with E-state index in [9.17, 15) is 28.8 Å². The lowest BCUT2D eigenvalue weighted by atomic mass is 10.1. The number of esters is 1. The van der Waals surface area contributed by atoms with Crippen LogP contribution in [-0.4, -0.2) is 72.7 Å². The van der Waals surface area contributed by atoms with Crippen molar-refractivity contribution in [2.45, 2.75) is 51.6 Å². The topological polar surface area (TPSA) is 133 Å². The van der Waals surface area contributed by atoms with Crippen molar-refractivity contribution in [3.63, 3.8) is 0 Å². The van der Waals surface area contributed by atoms with Crippen LogP contribution < -0.4 is 15.1 Å². The molecule has 0 bridgehead atoms. The number of rotatable bonds is 11. The first kappa shape index (κ1) is 32.1. The number of nitrogens with zero attached hydrogens (tertiary/aromatic N) is 3. The van der Waals surface area contributed by atoms with Crippen LogP contribution in [0.5, 0.6) is 0 Å². The predicted molar refractivity (Wildman–Crippen MR) is 170 cm³/mol. The molecule has 0 aliphatic carbocycles. The second-order valence-corrected chi connectivity index (χ2v) is 11.2. The summed E-state index contributed by atoms with van der Waals surface area (Å²) in [6.45, 7) is 3.24. The first-order valence-corrected chi connectivity index (χ1v) is 15.3. The van der Waals surface area contributed by atoms with E-state index in [0.717, 1.165) is 10.5 Å². The molecule has 0 saturated heterocycles. The number of ether oxygens (including phenoxy) is 1. The summed E-state index contributed by atoms with van der Waals surface area (Å²) < 4.78 is 5.25. The molecule has 238 valence electrons. The lowest BCUT2D eigenvalue weighted by molar-refractivity contribution is -0.145. The normalized spacial score (nSPS) is 15.7. The second kappa shape index (κ2) is 13.8. The Balaban J connectivity index is 1.30. The van der Waals surface area contributed by atoms with Crippen molar-refractivity contribution in [2.24, 2.45) is 0 Å². The average Bonchev–Trinajstić information content (AvgIpc) is 3.57. The van der Waals surface area contributed by atoms with Crippen LogP contribution >= 0.6 is 0 Å². The molecule has 0 saturated carbocycles. The molecule has 0 aromatic heterocycles. The maximum Gasteiger partial charge on any atom is 0.329 e. The Kier molecular flexibility index (Phi) is 9.60. The zero-order valence-corrected chi connectivity index (χ0v) is 26.0. The number of anilines is 2.